The van der Waals surface area contributed by atoms with Crippen molar-refractivity contribution in [1.82, 2.24) is 4.98 Å². The number of aromatic nitrogens is 1. The van der Waals surface area contributed by atoms with Gasteiger partial charge in [-0.25, -0.2) is 9.78 Å². The van der Waals surface area contributed by atoms with Crippen molar-refractivity contribution in [3.63, 3.8) is 0 Å². The fourth-order valence-electron chi connectivity index (χ4n) is 1.09. The van der Waals surface area contributed by atoms with Gasteiger partial charge < -0.3 is 10.0 Å². The lowest BCUT2D eigenvalue weighted by atomic mass is 10.2. The second kappa shape index (κ2) is 4.41. The van der Waals surface area contributed by atoms with Gasteiger partial charge in [0.25, 0.3) is 0 Å². The van der Waals surface area contributed by atoms with Gasteiger partial charge in [-0.2, -0.15) is 0 Å². The molecule has 0 bridgehead atoms. The summed E-state index contributed by atoms with van der Waals surface area (Å²) >= 11 is 1.45. The van der Waals surface area contributed by atoms with Gasteiger partial charge in [0.05, 0.1) is 0 Å². The molecule has 0 saturated carbocycles. The summed E-state index contributed by atoms with van der Waals surface area (Å²) in [5.41, 5.74) is 0.209. The van der Waals surface area contributed by atoms with E-state index in [0.717, 1.165) is 22.9 Å². The van der Waals surface area contributed by atoms with E-state index in [1.165, 1.54) is 11.3 Å². The van der Waals surface area contributed by atoms with E-state index in [9.17, 15) is 4.79 Å². The van der Waals surface area contributed by atoms with E-state index < -0.39 is 5.97 Å². The molecule has 1 N–H and O–H groups in total. The van der Waals surface area contributed by atoms with E-state index in [0.29, 0.717) is 0 Å². The van der Waals surface area contributed by atoms with Gasteiger partial charge in [0.2, 0.25) is 0 Å². The van der Waals surface area contributed by atoms with Crippen LogP contribution in [0.5, 0.6) is 0 Å². The Bertz CT molecular complexity index is 334. The highest BCUT2D eigenvalue weighted by atomic mass is 32.1. The first kappa shape index (κ1) is 11.0. The predicted octanol–water partition coefficient (Wildman–Crippen LogP) is 1.86. The van der Waals surface area contributed by atoms with Crippen LogP contribution in [0.1, 0.15) is 28.7 Å². The van der Waals surface area contributed by atoms with Crippen LogP contribution in [0, 0.1) is 0 Å². The lowest BCUT2D eigenvalue weighted by Gasteiger charge is -2.04. The minimum absolute atomic E-state index is 0.209. The highest BCUT2D eigenvalue weighted by Crippen LogP contribution is 2.26. The second-order valence-corrected chi connectivity index (χ2v) is 4.28. The summed E-state index contributed by atoms with van der Waals surface area (Å²) < 4.78 is 0. The van der Waals surface area contributed by atoms with Gasteiger partial charge in [0, 0.05) is 19.0 Å². The Morgan fingerprint density at radius 1 is 1.57 bits per heavy atom. The van der Waals surface area contributed by atoms with Crippen molar-refractivity contribution in [1.29, 1.82) is 0 Å². The highest BCUT2D eigenvalue weighted by molar-refractivity contribution is 7.15. The average molecular weight is 214 g/mol. The molecule has 0 aromatic carbocycles. The summed E-state index contributed by atoms with van der Waals surface area (Å²) in [6.45, 7) is 2.03. The Labute approximate surface area is 87.2 Å². The molecule has 0 aliphatic heterocycles. The highest BCUT2D eigenvalue weighted by Gasteiger charge is 2.17. The molecular formula is C9H14N2O2S. The van der Waals surface area contributed by atoms with E-state index in [-0.39, 0.29) is 5.69 Å². The lowest BCUT2D eigenvalue weighted by Crippen LogP contribution is -2.08. The Balaban J connectivity index is 3.05. The third-order valence-corrected chi connectivity index (χ3v) is 3.03. The van der Waals surface area contributed by atoms with E-state index in [4.69, 9.17) is 5.11 Å². The standard InChI is InChI=1S/C9H14N2O2S/c1-4-5-6-7(8(12)13)10-9(14-6)11(2)3/h4-5H2,1-3H3,(H,12,13). The number of anilines is 1. The van der Waals surface area contributed by atoms with Crippen molar-refractivity contribution in [2.75, 3.05) is 19.0 Å². The molecule has 4 nitrogen and oxygen atoms in total. The first-order valence-corrected chi connectivity index (χ1v) is 5.28. The van der Waals surface area contributed by atoms with Crippen molar-refractivity contribution in [2.24, 2.45) is 0 Å². The first-order valence-electron chi connectivity index (χ1n) is 4.46. The molecule has 14 heavy (non-hydrogen) atoms. The van der Waals surface area contributed by atoms with Crippen LogP contribution in [-0.4, -0.2) is 30.2 Å². The quantitative estimate of drug-likeness (QED) is 0.831. The largest absolute Gasteiger partial charge is 0.476 e. The number of rotatable bonds is 4. The molecule has 0 amide bonds. The van der Waals surface area contributed by atoms with Gasteiger partial charge in [0.1, 0.15) is 0 Å². The molecule has 1 heterocycles. The number of hydrogen-bond donors (Lipinski definition) is 1. The van der Waals surface area contributed by atoms with Gasteiger partial charge in [-0.15, -0.1) is 11.3 Å². The number of aryl methyl sites for hydroxylation is 1. The smallest absolute Gasteiger partial charge is 0.355 e. The molecule has 0 aliphatic carbocycles. The number of aromatic carboxylic acids is 1. The van der Waals surface area contributed by atoms with Crippen molar-refractivity contribution in [3.05, 3.63) is 10.6 Å². The number of carboxylic acid groups (broad SMARTS) is 1. The Hall–Kier alpha value is -1.10. The lowest BCUT2D eigenvalue weighted by molar-refractivity contribution is 0.0690. The molecule has 1 aromatic rings. The number of carbonyl (C=O) groups is 1. The topological polar surface area (TPSA) is 53.4 Å². The van der Waals surface area contributed by atoms with Gasteiger partial charge in [-0.3, -0.25) is 0 Å². The van der Waals surface area contributed by atoms with Gasteiger partial charge >= 0.3 is 5.97 Å². The summed E-state index contributed by atoms with van der Waals surface area (Å²) in [6, 6.07) is 0. The zero-order valence-corrected chi connectivity index (χ0v) is 9.39. The first-order chi connectivity index (χ1) is 6.56. The van der Waals surface area contributed by atoms with Gasteiger partial charge in [-0.05, 0) is 6.42 Å². The summed E-state index contributed by atoms with van der Waals surface area (Å²) in [5.74, 6) is -0.933. The molecule has 0 atom stereocenters. The van der Waals surface area contributed by atoms with Crippen molar-refractivity contribution in [3.8, 4) is 0 Å². The van der Waals surface area contributed by atoms with Crippen LogP contribution in [-0.2, 0) is 6.42 Å². The van der Waals surface area contributed by atoms with E-state index in [2.05, 4.69) is 4.98 Å². The number of carboxylic acids is 1. The number of thiazole rings is 1. The summed E-state index contributed by atoms with van der Waals surface area (Å²) in [4.78, 5) is 17.6. The monoisotopic (exact) mass is 214 g/mol. The third kappa shape index (κ3) is 2.23. The number of hydrogen-bond acceptors (Lipinski definition) is 4. The van der Waals surface area contributed by atoms with E-state index >= 15 is 0 Å². The normalized spacial score (nSPS) is 10.2. The van der Waals surface area contributed by atoms with Crippen LogP contribution in [0.4, 0.5) is 5.13 Å². The fourth-order valence-corrected chi connectivity index (χ4v) is 2.17. The van der Waals surface area contributed by atoms with Gasteiger partial charge in [-0.1, -0.05) is 13.3 Å². The predicted molar refractivity (Wildman–Crippen MR) is 57.4 cm³/mol. The molecule has 0 aliphatic rings. The van der Waals surface area contributed by atoms with Crippen molar-refractivity contribution >= 4 is 22.4 Å². The minimum atomic E-state index is -0.933. The summed E-state index contributed by atoms with van der Waals surface area (Å²) in [7, 11) is 3.72. The molecular weight excluding hydrogens is 200 g/mol. The molecule has 5 heteroatoms. The number of nitrogens with zero attached hydrogens (tertiary/aromatic N) is 2. The summed E-state index contributed by atoms with van der Waals surface area (Å²) in [6.07, 6.45) is 1.72. The summed E-state index contributed by atoms with van der Waals surface area (Å²) in [5, 5.41) is 9.67. The molecule has 1 aromatic heterocycles. The zero-order chi connectivity index (χ0) is 10.7. The minimum Gasteiger partial charge on any atom is -0.476 e. The van der Waals surface area contributed by atoms with Crippen LogP contribution >= 0.6 is 11.3 Å². The van der Waals surface area contributed by atoms with Crippen LogP contribution in [0.3, 0.4) is 0 Å². The SMILES string of the molecule is CCCc1sc(N(C)C)nc1C(=O)O. The molecule has 0 saturated heterocycles. The molecule has 0 unspecified atom stereocenters. The molecule has 0 radical (unpaired) electrons. The van der Waals surface area contributed by atoms with Crippen molar-refractivity contribution in [2.45, 2.75) is 19.8 Å². The van der Waals surface area contributed by atoms with Crippen LogP contribution in [0.15, 0.2) is 0 Å². The average Bonchev–Trinajstić information content (AvgIpc) is 2.49. The van der Waals surface area contributed by atoms with Gasteiger partial charge in [0.15, 0.2) is 10.8 Å². The fraction of sp³-hybridized carbons (Fsp3) is 0.556. The third-order valence-electron chi connectivity index (χ3n) is 1.75. The van der Waals surface area contributed by atoms with E-state index in [1.54, 1.807) is 0 Å². The molecule has 78 valence electrons. The molecule has 0 fully saturated rings. The van der Waals surface area contributed by atoms with Crippen LogP contribution < -0.4 is 4.90 Å². The van der Waals surface area contributed by atoms with Crippen LogP contribution in [0.25, 0.3) is 0 Å². The second-order valence-electron chi connectivity index (χ2n) is 3.22. The maximum Gasteiger partial charge on any atom is 0.355 e. The van der Waals surface area contributed by atoms with Crippen LogP contribution in [0.2, 0.25) is 0 Å². The Kier molecular flexibility index (Phi) is 3.46. The Morgan fingerprint density at radius 3 is 2.64 bits per heavy atom. The molecule has 0 spiro atoms. The molecule has 1 rings (SSSR count). The maximum atomic E-state index is 10.9. The zero-order valence-electron chi connectivity index (χ0n) is 8.57. The van der Waals surface area contributed by atoms with Crippen molar-refractivity contribution < 1.29 is 9.90 Å². The Morgan fingerprint density at radius 2 is 2.21 bits per heavy atom. The van der Waals surface area contributed by atoms with E-state index in [1.807, 2.05) is 25.9 Å². The maximum absolute atomic E-state index is 10.9.